The monoisotopic (exact) mass is 313 g/mol. The number of pyridine rings is 1. The summed E-state index contributed by atoms with van der Waals surface area (Å²) < 4.78 is 19.3. The third-order valence-corrected chi connectivity index (χ3v) is 3.60. The summed E-state index contributed by atoms with van der Waals surface area (Å²) in [7, 11) is 1.58. The quantitative estimate of drug-likeness (QED) is 0.726. The van der Waals surface area contributed by atoms with Gasteiger partial charge in [-0.1, -0.05) is 24.3 Å². The van der Waals surface area contributed by atoms with Crippen molar-refractivity contribution in [2.24, 2.45) is 0 Å². The van der Waals surface area contributed by atoms with Crippen molar-refractivity contribution in [3.05, 3.63) is 58.5 Å². The fraction of sp³-hybridized carbons (Fsp3) is 0.235. The van der Waals surface area contributed by atoms with Crippen LogP contribution < -0.4 is 5.56 Å². The van der Waals surface area contributed by atoms with Crippen LogP contribution in [0.1, 0.15) is 5.56 Å². The molecule has 6 heteroatoms. The Labute approximate surface area is 132 Å². The van der Waals surface area contributed by atoms with Gasteiger partial charge in [0.05, 0.1) is 13.2 Å². The first-order valence-corrected chi connectivity index (χ1v) is 7.24. The van der Waals surface area contributed by atoms with Crippen LogP contribution in [0.5, 0.6) is 0 Å². The SMILES string of the molecule is COCCn1c(=O)c(-c2ccc(CF)cc2)nc2cccnc21. The van der Waals surface area contributed by atoms with E-state index < -0.39 is 6.67 Å². The molecular formula is C17H16FN3O2. The second-order valence-corrected chi connectivity index (χ2v) is 5.09. The molecule has 2 heterocycles. The molecule has 0 radical (unpaired) electrons. The van der Waals surface area contributed by atoms with Crippen LogP contribution in [0.15, 0.2) is 47.4 Å². The number of hydrogen-bond donors (Lipinski definition) is 0. The molecule has 3 rings (SSSR count). The first-order valence-electron chi connectivity index (χ1n) is 7.24. The number of alkyl halides is 1. The van der Waals surface area contributed by atoms with E-state index >= 15 is 0 Å². The van der Waals surface area contributed by atoms with Gasteiger partial charge in [0, 0.05) is 18.9 Å². The summed E-state index contributed by atoms with van der Waals surface area (Å²) in [5.74, 6) is 0. The predicted molar refractivity (Wildman–Crippen MR) is 85.9 cm³/mol. The molecule has 0 N–H and O–H groups in total. The lowest BCUT2D eigenvalue weighted by Gasteiger charge is -2.11. The van der Waals surface area contributed by atoms with E-state index in [4.69, 9.17) is 4.74 Å². The molecule has 0 saturated carbocycles. The highest BCUT2D eigenvalue weighted by molar-refractivity contribution is 5.74. The lowest BCUT2D eigenvalue weighted by molar-refractivity contribution is 0.187. The van der Waals surface area contributed by atoms with Gasteiger partial charge in [-0.05, 0) is 17.7 Å². The molecule has 118 valence electrons. The van der Waals surface area contributed by atoms with Gasteiger partial charge in [-0.15, -0.1) is 0 Å². The van der Waals surface area contributed by atoms with E-state index in [9.17, 15) is 9.18 Å². The summed E-state index contributed by atoms with van der Waals surface area (Å²) in [6.45, 7) is 0.254. The average molecular weight is 313 g/mol. The molecule has 0 aliphatic heterocycles. The number of fused-ring (bicyclic) bond motifs is 1. The fourth-order valence-corrected chi connectivity index (χ4v) is 2.41. The molecule has 23 heavy (non-hydrogen) atoms. The van der Waals surface area contributed by atoms with Gasteiger partial charge in [-0.3, -0.25) is 9.36 Å². The van der Waals surface area contributed by atoms with Gasteiger partial charge >= 0.3 is 0 Å². The fourth-order valence-electron chi connectivity index (χ4n) is 2.41. The molecule has 0 saturated heterocycles. The molecule has 0 spiro atoms. The number of ether oxygens (including phenoxy) is 1. The van der Waals surface area contributed by atoms with Crippen LogP contribution in [0.4, 0.5) is 4.39 Å². The number of aromatic nitrogens is 3. The molecule has 0 unspecified atom stereocenters. The Kier molecular flexibility index (Phi) is 4.43. The highest BCUT2D eigenvalue weighted by atomic mass is 19.1. The van der Waals surface area contributed by atoms with Gasteiger partial charge in [0.2, 0.25) is 0 Å². The number of nitrogens with zero attached hydrogens (tertiary/aromatic N) is 3. The predicted octanol–water partition coefficient (Wildman–Crippen LogP) is 2.57. The van der Waals surface area contributed by atoms with Gasteiger partial charge in [-0.2, -0.15) is 0 Å². The van der Waals surface area contributed by atoms with Gasteiger partial charge in [0.25, 0.3) is 5.56 Å². The number of methoxy groups -OCH3 is 1. The van der Waals surface area contributed by atoms with Crippen LogP contribution in [0.25, 0.3) is 22.4 Å². The second kappa shape index (κ2) is 6.66. The Morgan fingerprint density at radius 3 is 2.70 bits per heavy atom. The van der Waals surface area contributed by atoms with Crippen molar-refractivity contribution in [2.45, 2.75) is 13.2 Å². The summed E-state index contributed by atoms with van der Waals surface area (Å²) in [4.78, 5) is 21.5. The van der Waals surface area contributed by atoms with E-state index in [1.165, 1.54) is 0 Å². The molecule has 0 amide bonds. The van der Waals surface area contributed by atoms with Crippen LogP contribution >= 0.6 is 0 Å². The molecule has 1 aromatic carbocycles. The Morgan fingerprint density at radius 1 is 1.22 bits per heavy atom. The topological polar surface area (TPSA) is 57.0 Å². The second-order valence-electron chi connectivity index (χ2n) is 5.09. The lowest BCUT2D eigenvalue weighted by Crippen LogP contribution is -2.26. The summed E-state index contributed by atoms with van der Waals surface area (Å²) in [6, 6.07) is 10.3. The third kappa shape index (κ3) is 2.98. The molecule has 2 aromatic heterocycles. The standard InChI is InChI=1S/C17H16FN3O2/c1-23-10-9-21-16-14(3-2-8-19-16)20-15(17(21)22)13-6-4-12(11-18)5-7-13/h2-8H,9-11H2,1H3. The number of halogens is 1. The van der Waals surface area contributed by atoms with Crippen LogP contribution in [-0.4, -0.2) is 28.3 Å². The van der Waals surface area contributed by atoms with Gasteiger partial charge in [0.15, 0.2) is 5.65 Å². The zero-order valence-corrected chi connectivity index (χ0v) is 12.7. The molecule has 0 aliphatic carbocycles. The summed E-state index contributed by atoms with van der Waals surface area (Å²) in [5.41, 5.74) is 2.47. The Balaban J connectivity index is 2.19. The maximum Gasteiger partial charge on any atom is 0.278 e. The summed E-state index contributed by atoms with van der Waals surface area (Å²) in [5, 5.41) is 0. The van der Waals surface area contributed by atoms with Crippen molar-refractivity contribution in [3.8, 4) is 11.3 Å². The van der Waals surface area contributed by atoms with Crippen LogP contribution in [0, 0.1) is 0 Å². The Morgan fingerprint density at radius 2 is 2.00 bits per heavy atom. The smallest absolute Gasteiger partial charge is 0.278 e. The highest BCUT2D eigenvalue weighted by Gasteiger charge is 2.13. The van der Waals surface area contributed by atoms with Crippen molar-refractivity contribution in [1.82, 2.24) is 14.5 Å². The van der Waals surface area contributed by atoms with Crippen LogP contribution in [0.2, 0.25) is 0 Å². The molecule has 3 aromatic rings. The van der Waals surface area contributed by atoms with E-state index in [1.807, 2.05) is 6.07 Å². The molecular weight excluding hydrogens is 297 g/mol. The Hall–Kier alpha value is -2.60. The van der Waals surface area contributed by atoms with E-state index in [0.29, 0.717) is 41.1 Å². The van der Waals surface area contributed by atoms with Gasteiger partial charge in [0.1, 0.15) is 17.9 Å². The highest BCUT2D eigenvalue weighted by Crippen LogP contribution is 2.17. The van der Waals surface area contributed by atoms with E-state index in [1.54, 1.807) is 48.2 Å². The molecule has 0 bridgehead atoms. The van der Waals surface area contributed by atoms with Gasteiger partial charge in [-0.25, -0.2) is 14.4 Å². The lowest BCUT2D eigenvalue weighted by atomic mass is 10.1. The van der Waals surface area contributed by atoms with Crippen molar-refractivity contribution >= 4 is 11.2 Å². The number of rotatable bonds is 5. The minimum absolute atomic E-state index is 0.235. The first kappa shape index (κ1) is 15.3. The van der Waals surface area contributed by atoms with Gasteiger partial charge < -0.3 is 4.74 Å². The zero-order valence-electron chi connectivity index (χ0n) is 12.7. The molecule has 0 aliphatic rings. The maximum absolute atomic E-state index is 12.8. The minimum atomic E-state index is -0.534. The summed E-state index contributed by atoms with van der Waals surface area (Å²) >= 11 is 0. The van der Waals surface area contributed by atoms with Crippen LogP contribution in [0.3, 0.4) is 0 Å². The molecule has 0 atom stereocenters. The van der Waals surface area contributed by atoms with E-state index in [2.05, 4.69) is 9.97 Å². The molecule has 5 nitrogen and oxygen atoms in total. The average Bonchev–Trinajstić information content (AvgIpc) is 2.61. The van der Waals surface area contributed by atoms with Crippen molar-refractivity contribution in [1.29, 1.82) is 0 Å². The number of hydrogen-bond acceptors (Lipinski definition) is 4. The van der Waals surface area contributed by atoms with E-state index in [0.717, 1.165) is 0 Å². The van der Waals surface area contributed by atoms with Crippen molar-refractivity contribution in [3.63, 3.8) is 0 Å². The normalized spacial score (nSPS) is 11.0. The number of benzene rings is 1. The van der Waals surface area contributed by atoms with Crippen molar-refractivity contribution < 1.29 is 9.13 Å². The van der Waals surface area contributed by atoms with Crippen molar-refractivity contribution in [2.75, 3.05) is 13.7 Å². The van der Waals surface area contributed by atoms with E-state index in [-0.39, 0.29) is 5.56 Å². The molecule has 0 fully saturated rings. The maximum atomic E-state index is 12.8. The van der Waals surface area contributed by atoms with Crippen LogP contribution in [-0.2, 0) is 18.0 Å². The zero-order chi connectivity index (χ0) is 16.2. The largest absolute Gasteiger partial charge is 0.383 e. The minimum Gasteiger partial charge on any atom is -0.383 e. The first-order chi connectivity index (χ1) is 11.2. The summed E-state index contributed by atoms with van der Waals surface area (Å²) in [6.07, 6.45) is 1.63. The Bertz CT molecular complexity index is 875. The third-order valence-electron chi connectivity index (χ3n) is 3.60.